The summed E-state index contributed by atoms with van der Waals surface area (Å²) < 4.78 is 34.1. The highest BCUT2D eigenvalue weighted by Crippen LogP contribution is 2.32. The molecule has 0 bridgehead atoms. The lowest BCUT2D eigenvalue weighted by molar-refractivity contribution is 0.112. The van der Waals surface area contributed by atoms with Crippen LogP contribution in [0.15, 0.2) is 41.6 Å². The molecular formula is C15H20N4O4S. The number of aromatic nitrogens is 2. The van der Waals surface area contributed by atoms with E-state index < -0.39 is 10.0 Å². The first-order valence-corrected chi connectivity index (χ1v) is 9.08. The Morgan fingerprint density at radius 3 is 2.92 bits per heavy atom. The van der Waals surface area contributed by atoms with Crippen molar-refractivity contribution in [1.82, 2.24) is 14.5 Å². The highest BCUT2D eigenvalue weighted by molar-refractivity contribution is 7.89. The van der Waals surface area contributed by atoms with E-state index in [4.69, 9.17) is 4.74 Å². The van der Waals surface area contributed by atoms with E-state index >= 15 is 0 Å². The van der Waals surface area contributed by atoms with E-state index in [1.54, 1.807) is 7.05 Å². The first-order valence-electron chi connectivity index (χ1n) is 7.59. The smallest absolute Gasteiger partial charge is 0.243 e. The molecule has 130 valence electrons. The Morgan fingerprint density at radius 2 is 2.21 bits per heavy atom. The van der Waals surface area contributed by atoms with E-state index in [9.17, 15) is 13.5 Å². The maximum atomic E-state index is 12.2. The van der Waals surface area contributed by atoms with Crippen LogP contribution in [0.5, 0.6) is 5.75 Å². The number of hydrogen-bond donors (Lipinski definition) is 2. The molecule has 9 heteroatoms. The van der Waals surface area contributed by atoms with Crippen LogP contribution in [0.4, 0.5) is 5.69 Å². The van der Waals surface area contributed by atoms with Gasteiger partial charge in [-0.15, -0.1) is 0 Å². The van der Waals surface area contributed by atoms with Crippen LogP contribution >= 0.6 is 0 Å². The number of anilines is 1. The van der Waals surface area contributed by atoms with Crippen molar-refractivity contribution in [2.24, 2.45) is 7.05 Å². The van der Waals surface area contributed by atoms with Gasteiger partial charge in [-0.3, -0.25) is 4.68 Å². The van der Waals surface area contributed by atoms with Crippen LogP contribution in [0, 0.1) is 0 Å². The van der Waals surface area contributed by atoms with Crippen LogP contribution < -0.4 is 14.4 Å². The molecule has 1 aliphatic heterocycles. The van der Waals surface area contributed by atoms with Crippen LogP contribution in [0.2, 0.25) is 0 Å². The minimum absolute atomic E-state index is 0.0910. The number of para-hydroxylation sites is 2. The number of rotatable bonds is 6. The van der Waals surface area contributed by atoms with Gasteiger partial charge in [-0.05, 0) is 12.1 Å². The zero-order valence-electron chi connectivity index (χ0n) is 13.3. The first kappa shape index (κ1) is 16.7. The summed E-state index contributed by atoms with van der Waals surface area (Å²) in [5, 5.41) is 13.2. The van der Waals surface area contributed by atoms with Crippen LogP contribution in [0.3, 0.4) is 0 Å². The van der Waals surface area contributed by atoms with E-state index in [0.717, 1.165) is 5.69 Å². The summed E-state index contributed by atoms with van der Waals surface area (Å²) in [6.07, 6.45) is 2.44. The van der Waals surface area contributed by atoms with Gasteiger partial charge in [0.1, 0.15) is 16.7 Å². The van der Waals surface area contributed by atoms with Crippen molar-refractivity contribution < 1.29 is 18.3 Å². The summed E-state index contributed by atoms with van der Waals surface area (Å²) in [6.45, 7) is 1.12. The Bertz CT molecular complexity index is 805. The van der Waals surface area contributed by atoms with Crippen LogP contribution in [-0.2, 0) is 17.1 Å². The zero-order chi connectivity index (χ0) is 17.2. The second-order valence-electron chi connectivity index (χ2n) is 5.58. The number of hydrogen-bond acceptors (Lipinski definition) is 6. The normalized spacial score (nSPS) is 17.4. The molecule has 2 aromatic rings. The highest BCUT2D eigenvalue weighted by atomic mass is 32.2. The molecule has 8 nitrogen and oxygen atoms in total. The fraction of sp³-hybridized carbons (Fsp3) is 0.400. The number of benzene rings is 1. The second-order valence-corrected chi connectivity index (χ2v) is 7.35. The number of fused-ring (bicyclic) bond motifs is 1. The van der Waals surface area contributed by atoms with Crippen molar-refractivity contribution in [3.63, 3.8) is 0 Å². The Morgan fingerprint density at radius 1 is 1.42 bits per heavy atom. The number of aliphatic hydroxyl groups excluding tert-OH is 1. The van der Waals surface area contributed by atoms with Gasteiger partial charge in [0.05, 0.1) is 25.0 Å². The minimum atomic E-state index is -3.58. The van der Waals surface area contributed by atoms with E-state index in [2.05, 4.69) is 9.82 Å². The fourth-order valence-corrected chi connectivity index (χ4v) is 3.63. The third-order valence-corrected chi connectivity index (χ3v) is 5.21. The Kier molecular flexibility index (Phi) is 4.74. The van der Waals surface area contributed by atoms with Gasteiger partial charge in [0.15, 0.2) is 0 Å². The van der Waals surface area contributed by atoms with Gasteiger partial charge in [0.2, 0.25) is 10.0 Å². The largest absolute Gasteiger partial charge is 0.484 e. The molecule has 0 fully saturated rings. The Hall–Kier alpha value is -2.10. The van der Waals surface area contributed by atoms with E-state index in [1.165, 1.54) is 17.1 Å². The lowest BCUT2D eigenvalue weighted by Crippen LogP contribution is -2.45. The maximum Gasteiger partial charge on any atom is 0.243 e. The first-order chi connectivity index (χ1) is 11.5. The molecule has 0 radical (unpaired) electrons. The molecule has 1 atom stereocenters. The zero-order valence-corrected chi connectivity index (χ0v) is 14.1. The molecule has 1 aromatic heterocycles. The van der Waals surface area contributed by atoms with Gasteiger partial charge >= 0.3 is 0 Å². The summed E-state index contributed by atoms with van der Waals surface area (Å²) in [5.41, 5.74) is 0.891. The highest BCUT2D eigenvalue weighted by Gasteiger charge is 2.25. The molecule has 2 heterocycles. The van der Waals surface area contributed by atoms with Crippen molar-refractivity contribution in [2.75, 3.05) is 31.1 Å². The molecular weight excluding hydrogens is 332 g/mol. The van der Waals surface area contributed by atoms with Crippen molar-refractivity contribution in [3.8, 4) is 5.75 Å². The standard InChI is InChI=1S/C15H20N4O4S/c1-18-10-13(8-16-18)24(21,22)17-6-7-19-9-12(11-20)23-15-5-3-2-4-14(15)19/h2-5,8,10,12,17,20H,6-7,9,11H2,1H3. The third kappa shape index (κ3) is 3.53. The van der Waals surface area contributed by atoms with E-state index in [1.807, 2.05) is 29.2 Å². The van der Waals surface area contributed by atoms with Crippen LogP contribution in [-0.4, -0.2) is 55.6 Å². The van der Waals surface area contributed by atoms with Gasteiger partial charge in [0.25, 0.3) is 0 Å². The van der Waals surface area contributed by atoms with Gasteiger partial charge in [0, 0.05) is 26.3 Å². The van der Waals surface area contributed by atoms with Gasteiger partial charge < -0.3 is 14.7 Å². The van der Waals surface area contributed by atoms with Crippen molar-refractivity contribution in [2.45, 2.75) is 11.0 Å². The SMILES string of the molecule is Cn1cc(S(=O)(=O)NCCN2CC(CO)Oc3ccccc32)cn1. The monoisotopic (exact) mass is 352 g/mol. The van der Waals surface area contributed by atoms with Crippen molar-refractivity contribution >= 4 is 15.7 Å². The summed E-state index contributed by atoms with van der Waals surface area (Å²) in [5.74, 6) is 0.693. The molecule has 1 aromatic carbocycles. The number of nitrogens with zero attached hydrogens (tertiary/aromatic N) is 3. The average molecular weight is 352 g/mol. The molecule has 2 N–H and O–H groups in total. The lowest BCUT2D eigenvalue weighted by atomic mass is 10.2. The predicted octanol–water partition coefficient (Wildman–Crippen LogP) is -0.0417. The van der Waals surface area contributed by atoms with Gasteiger partial charge in [-0.2, -0.15) is 5.10 Å². The Labute approximate surface area is 140 Å². The quantitative estimate of drug-likeness (QED) is 0.757. The molecule has 1 unspecified atom stereocenters. The summed E-state index contributed by atoms with van der Waals surface area (Å²) in [7, 11) is -1.91. The summed E-state index contributed by atoms with van der Waals surface area (Å²) in [4.78, 5) is 2.14. The molecule has 0 aliphatic carbocycles. The van der Waals surface area contributed by atoms with Gasteiger partial charge in [-0.1, -0.05) is 12.1 Å². The lowest BCUT2D eigenvalue weighted by Gasteiger charge is -2.35. The topological polar surface area (TPSA) is 96.7 Å². The van der Waals surface area contributed by atoms with E-state index in [0.29, 0.717) is 18.8 Å². The molecule has 0 saturated heterocycles. The summed E-state index contributed by atoms with van der Waals surface area (Å²) in [6, 6.07) is 7.51. The molecule has 3 rings (SSSR count). The van der Waals surface area contributed by atoms with Crippen LogP contribution in [0.25, 0.3) is 0 Å². The van der Waals surface area contributed by atoms with Crippen molar-refractivity contribution in [1.29, 1.82) is 0 Å². The third-order valence-electron chi connectivity index (χ3n) is 3.79. The molecule has 0 spiro atoms. The summed E-state index contributed by atoms with van der Waals surface area (Å²) >= 11 is 0. The minimum Gasteiger partial charge on any atom is -0.484 e. The van der Waals surface area contributed by atoms with Crippen LogP contribution in [0.1, 0.15) is 0 Å². The average Bonchev–Trinajstić information content (AvgIpc) is 3.02. The van der Waals surface area contributed by atoms with Gasteiger partial charge in [-0.25, -0.2) is 13.1 Å². The number of aryl methyl sites for hydroxylation is 1. The number of nitrogens with one attached hydrogen (secondary N) is 1. The molecule has 1 aliphatic rings. The number of sulfonamides is 1. The second kappa shape index (κ2) is 6.80. The fourth-order valence-electron chi connectivity index (χ4n) is 2.62. The number of ether oxygens (including phenoxy) is 1. The van der Waals surface area contributed by atoms with Crippen molar-refractivity contribution in [3.05, 3.63) is 36.7 Å². The maximum absolute atomic E-state index is 12.2. The molecule has 24 heavy (non-hydrogen) atoms. The molecule has 0 amide bonds. The number of aliphatic hydroxyl groups is 1. The Balaban J connectivity index is 1.66. The van der Waals surface area contributed by atoms with E-state index in [-0.39, 0.29) is 24.2 Å². The molecule has 0 saturated carbocycles. The predicted molar refractivity (Wildman–Crippen MR) is 88.6 cm³/mol.